The number of guanidine groups is 1. The minimum absolute atomic E-state index is 0.0606. The van der Waals surface area contributed by atoms with Crippen LogP contribution < -0.4 is 20.1 Å². The number of piperazine rings is 1. The molecule has 31 heavy (non-hydrogen) atoms. The molecule has 1 heterocycles. The van der Waals surface area contributed by atoms with E-state index in [-0.39, 0.29) is 5.75 Å². The van der Waals surface area contributed by atoms with Crippen LogP contribution in [-0.2, 0) is 6.54 Å². The predicted octanol–water partition coefficient (Wildman–Crippen LogP) is 2.77. The van der Waals surface area contributed by atoms with E-state index in [0.717, 1.165) is 58.7 Å². The number of rotatable bonds is 12. The third kappa shape index (κ3) is 8.86. The third-order valence-corrected chi connectivity index (χ3v) is 5.34. The number of benzene rings is 1. The van der Waals surface area contributed by atoms with Crippen LogP contribution >= 0.6 is 0 Å². The normalized spacial score (nSPS) is 15.9. The molecule has 0 radical (unpaired) electrons. The van der Waals surface area contributed by atoms with Crippen molar-refractivity contribution >= 4 is 5.96 Å². The Labute approximate surface area is 184 Å². The molecule has 0 atom stereocenters. The highest BCUT2D eigenvalue weighted by Crippen LogP contribution is 2.32. The second-order valence-electron chi connectivity index (χ2n) is 7.39. The number of para-hydroxylation sites is 1. The van der Waals surface area contributed by atoms with Gasteiger partial charge in [-0.15, -0.1) is 0 Å². The number of likely N-dealkylation sites (N-methyl/N-ethyl adjacent to an activating group) is 1. The van der Waals surface area contributed by atoms with Crippen LogP contribution in [0.25, 0.3) is 0 Å². The molecule has 9 heteroatoms. The number of nitrogens with zero attached hydrogens (tertiary/aromatic N) is 3. The van der Waals surface area contributed by atoms with Gasteiger partial charge in [-0.2, -0.15) is 8.78 Å². The number of alkyl halides is 2. The van der Waals surface area contributed by atoms with Crippen molar-refractivity contribution in [1.29, 1.82) is 0 Å². The number of hydrogen-bond acceptors (Lipinski definition) is 5. The predicted molar refractivity (Wildman–Crippen MR) is 120 cm³/mol. The summed E-state index contributed by atoms with van der Waals surface area (Å²) in [4.78, 5) is 9.22. The minimum atomic E-state index is -2.91. The molecule has 2 N–H and O–H groups in total. The Balaban J connectivity index is 1.74. The zero-order valence-electron chi connectivity index (χ0n) is 19.0. The highest BCUT2D eigenvalue weighted by molar-refractivity contribution is 5.79. The average molecular weight is 442 g/mol. The van der Waals surface area contributed by atoms with Gasteiger partial charge in [-0.3, -0.25) is 4.99 Å². The summed E-state index contributed by atoms with van der Waals surface area (Å²) in [6.07, 6.45) is 2.16. The van der Waals surface area contributed by atoms with Crippen LogP contribution in [-0.4, -0.2) is 81.8 Å². The van der Waals surface area contributed by atoms with Crippen LogP contribution in [0.2, 0.25) is 0 Å². The SMILES string of the molecule is CCOc1cccc(CNC(=NC)NCCCCN2CCN(CC)CC2)c1OC(F)F. The fourth-order valence-electron chi connectivity index (χ4n) is 3.59. The fourth-order valence-corrected chi connectivity index (χ4v) is 3.59. The van der Waals surface area contributed by atoms with E-state index in [9.17, 15) is 8.78 Å². The quantitative estimate of drug-likeness (QED) is 0.296. The second-order valence-corrected chi connectivity index (χ2v) is 7.39. The van der Waals surface area contributed by atoms with E-state index in [0.29, 0.717) is 30.4 Å². The lowest BCUT2D eigenvalue weighted by Crippen LogP contribution is -2.46. The van der Waals surface area contributed by atoms with Crippen LogP contribution in [0.5, 0.6) is 11.5 Å². The Morgan fingerprint density at radius 2 is 1.84 bits per heavy atom. The molecule has 2 rings (SSSR count). The lowest BCUT2D eigenvalue weighted by Gasteiger charge is -2.34. The van der Waals surface area contributed by atoms with Gasteiger partial charge in [0.25, 0.3) is 0 Å². The van der Waals surface area contributed by atoms with Gasteiger partial charge < -0.3 is 29.9 Å². The summed E-state index contributed by atoms with van der Waals surface area (Å²) in [5, 5.41) is 6.45. The van der Waals surface area contributed by atoms with E-state index in [4.69, 9.17) is 9.47 Å². The van der Waals surface area contributed by atoms with Gasteiger partial charge in [0.1, 0.15) is 0 Å². The van der Waals surface area contributed by atoms with E-state index >= 15 is 0 Å². The van der Waals surface area contributed by atoms with E-state index in [1.54, 1.807) is 32.2 Å². The van der Waals surface area contributed by atoms with Gasteiger partial charge >= 0.3 is 6.61 Å². The van der Waals surface area contributed by atoms with E-state index in [1.165, 1.54) is 0 Å². The Morgan fingerprint density at radius 1 is 1.10 bits per heavy atom. The number of halogens is 2. The second kappa shape index (κ2) is 14.0. The highest BCUT2D eigenvalue weighted by Gasteiger charge is 2.16. The molecule has 7 nitrogen and oxygen atoms in total. The molecule has 0 amide bonds. The van der Waals surface area contributed by atoms with Gasteiger partial charge in [0.15, 0.2) is 17.5 Å². The van der Waals surface area contributed by atoms with Crippen molar-refractivity contribution < 1.29 is 18.3 Å². The number of nitrogens with one attached hydrogen (secondary N) is 2. The molecule has 0 aliphatic carbocycles. The molecule has 1 fully saturated rings. The molecular formula is C22H37F2N5O2. The zero-order valence-corrected chi connectivity index (χ0v) is 19.0. The molecule has 1 saturated heterocycles. The van der Waals surface area contributed by atoms with Crippen molar-refractivity contribution in [2.24, 2.45) is 4.99 Å². The first kappa shape index (κ1) is 25.1. The molecule has 0 bridgehead atoms. The first-order chi connectivity index (χ1) is 15.1. The smallest absolute Gasteiger partial charge is 0.387 e. The van der Waals surface area contributed by atoms with Gasteiger partial charge in [0, 0.05) is 51.9 Å². The summed E-state index contributed by atoms with van der Waals surface area (Å²) in [6.45, 7) is 9.43. The molecular weight excluding hydrogens is 404 g/mol. The van der Waals surface area contributed by atoms with Crippen molar-refractivity contribution in [2.75, 3.05) is 59.5 Å². The van der Waals surface area contributed by atoms with Crippen molar-refractivity contribution in [3.63, 3.8) is 0 Å². The summed E-state index contributed by atoms with van der Waals surface area (Å²) in [6, 6.07) is 5.12. The Kier molecular flexibility index (Phi) is 11.4. The average Bonchev–Trinajstić information content (AvgIpc) is 2.77. The lowest BCUT2D eigenvalue weighted by molar-refractivity contribution is -0.0520. The number of unbranched alkanes of at least 4 members (excludes halogenated alkanes) is 1. The molecule has 0 unspecified atom stereocenters. The van der Waals surface area contributed by atoms with Crippen molar-refractivity contribution in [3.8, 4) is 11.5 Å². The van der Waals surface area contributed by atoms with Gasteiger partial charge in [0.2, 0.25) is 0 Å². The molecule has 1 aliphatic heterocycles. The van der Waals surface area contributed by atoms with Gasteiger partial charge in [-0.25, -0.2) is 0 Å². The Morgan fingerprint density at radius 3 is 2.48 bits per heavy atom. The third-order valence-electron chi connectivity index (χ3n) is 5.34. The van der Waals surface area contributed by atoms with Crippen molar-refractivity contribution in [1.82, 2.24) is 20.4 Å². The summed E-state index contributed by atoms with van der Waals surface area (Å²) in [5.41, 5.74) is 0.584. The van der Waals surface area contributed by atoms with Crippen LogP contribution in [0.15, 0.2) is 23.2 Å². The van der Waals surface area contributed by atoms with E-state index < -0.39 is 6.61 Å². The maximum Gasteiger partial charge on any atom is 0.387 e. The summed E-state index contributed by atoms with van der Waals surface area (Å²) in [7, 11) is 1.69. The maximum absolute atomic E-state index is 12.9. The standard InChI is InChI=1S/C22H37F2N5O2/c1-4-28-13-15-29(16-14-28)12-7-6-11-26-22(25-3)27-17-18-9-8-10-19(30-5-2)20(18)31-21(23)24/h8-10,21H,4-7,11-17H2,1-3H3,(H2,25,26,27). The number of hydrogen-bond donors (Lipinski definition) is 2. The van der Waals surface area contributed by atoms with Crippen molar-refractivity contribution in [3.05, 3.63) is 23.8 Å². The highest BCUT2D eigenvalue weighted by atomic mass is 19.3. The van der Waals surface area contributed by atoms with E-state index in [2.05, 4.69) is 32.3 Å². The number of aliphatic imine (C=N–C) groups is 1. The molecule has 1 aromatic rings. The lowest BCUT2D eigenvalue weighted by atomic mass is 10.2. The molecule has 176 valence electrons. The molecule has 1 aliphatic rings. The van der Waals surface area contributed by atoms with Crippen LogP contribution in [0.1, 0.15) is 32.3 Å². The Hall–Kier alpha value is -2.13. The largest absolute Gasteiger partial charge is 0.490 e. The minimum Gasteiger partial charge on any atom is -0.490 e. The van der Waals surface area contributed by atoms with Crippen molar-refractivity contribution in [2.45, 2.75) is 39.8 Å². The van der Waals surface area contributed by atoms with Gasteiger partial charge in [0.05, 0.1) is 6.61 Å². The summed E-state index contributed by atoms with van der Waals surface area (Å²) >= 11 is 0. The van der Waals surface area contributed by atoms with Crippen LogP contribution in [0.4, 0.5) is 8.78 Å². The monoisotopic (exact) mass is 441 g/mol. The van der Waals surface area contributed by atoms with Crippen LogP contribution in [0, 0.1) is 0 Å². The molecule has 0 spiro atoms. The van der Waals surface area contributed by atoms with E-state index in [1.807, 2.05) is 0 Å². The molecule has 0 aromatic heterocycles. The first-order valence-electron chi connectivity index (χ1n) is 11.2. The molecule has 0 saturated carbocycles. The van der Waals surface area contributed by atoms with Crippen LogP contribution in [0.3, 0.4) is 0 Å². The number of ether oxygens (including phenoxy) is 2. The first-order valence-corrected chi connectivity index (χ1v) is 11.2. The molecule has 1 aromatic carbocycles. The summed E-state index contributed by atoms with van der Waals surface area (Å²) < 4.78 is 35.9. The van der Waals surface area contributed by atoms with Gasteiger partial charge in [-0.1, -0.05) is 19.1 Å². The topological polar surface area (TPSA) is 61.4 Å². The maximum atomic E-state index is 12.9. The summed E-state index contributed by atoms with van der Waals surface area (Å²) in [5.74, 6) is 0.997. The zero-order chi connectivity index (χ0) is 22.5. The fraction of sp³-hybridized carbons (Fsp3) is 0.682. The van der Waals surface area contributed by atoms with Gasteiger partial charge in [-0.05, 0) is 38.9 Å². The Bertz CT molecular complexity index is 667.